The summed E-state index contributed by atoms with van der Waals surface area (Å²) in [6.45, 7) is 9.31. The average molecular weight is 336 g/mol. The molecule has 5 heteroatoms. The lowest BCUT2D eigenvalue weighted by molar-refractivity contribution is -0.122. The first-order valence-electron chi connectivity index (χ1n) is 8.88. The van der Waals surface area contributed by atoms with Crippen LogP contribution >= 0.6 is 0 Å². The van der Waals surface area contributed by atoms with Crippen molar-refractivity contribution in [1.29, 1.82) is 0 Å². The fourth-order valence-corrected chi connectivity index (χ4v) is 4.19. The Balaban J connectivity index is 1.79. The minimum absolute atomic E-state index is 0.0130. The second kappa shape index (κ2) is 7.70. The molecule has 1 atom stereocenters. The smallest absolute Gasteiger partial charge is 0.220 e. The summed E-state index contributed by atoms with van der Waals surface area (Å²) in [7, 11) is 0. The van der Waals surface area contributed by atoms with Gasteiger partial charge in [-0.2, -0.15) is 0 Å². The summed E-state index contributed by atoms with van der Waals surface area (Å²) < 4.78 is 5.31. The van der Waals surface area contributed by atoms with Crippen LogP contribution in [0.15, 0.2) is 22.8 Å². The molecule has 0 aromatic carbocycles. The predicted octanol–water partition coefficient (Wildman–Crippen LogP) is 2.49. The van der Waals surface area contributed by atoms with Crippen LogP contribution in [0.3, 0.4) is 0 Å². The molecule has 24 heavy (non-hydrogen) atoms. The fourth-order valence-electron chi connectivity index (χ4n) is 4.19. The van der Waals surface area contributed by atoms with E-state index < -0.39 is 0 Å². The minimum Gasteiger partial charge on any atom is -0.469 e. The van der Waals surface area contributed by atoms with Gasteiger partial charge in [0.2, 0.25) is 5.91 Å². The maximum Gasteiger partial charge on any atom is 0.220 e. The number of aliphatic hydroxyl groups excluding tert-OH is 1. The Bertz CT molecular complexity index is 507. The first-order valence-corrected chi connectivity index (χ1v) is 8.88. The van der Waals surface area contributed by atoms with Crippen molar-refractivity contribution in [3.63, 3.8) is 0 Å². The second-order valence-corrected chi connectivity index (χ2v) is 8.51. The van der Waals surface area contributed by atoms with Gasteiger partial charge in [0.05, 0.1) is 6.26 Å². The zero-order valence-corrected chi connectivity index (χ0v) is 15.4. The molecule has 2 heterocycles. The summed E-state index contributed by atoms with van der Waals surface area (Å²) in [5.74, 6) is 1.28. The molecule has 1 saturated heterocycles. The highest BCUT2D eigenvalue weighted by Crippen LogP contribution is 2.34. The molecule has 1 aromatic rings. The third kappa shape index (κ3) is 5.95. The standard InChI is InChI=1S/C19H32N2O3/c1-18(2)10-14(11-19(3,4)21-18)9-17(23)20-12-15(13-22)8-16-6-5-7-24-16/h5-7,14-15,21-22H,8-13H2,1-4H3,(H,20,23)/t15-/m1/s1. The number of amides is 1. The van der Waals surface area contributed by atoms with Crippen LogP contribution in [-0.4, -0.2) is 35.2 Å². The predicted molar refractivity (Wildman–Crippen MR) is 94.6 cm³/mol. The summed E-state index contributed by atoms with van der Waals surface area (Å²) >= 11 is 0. The molecule has 3 N–H and O–H groups in total. The number of nitrogens with one attached hydrogen (secondary N) is 2. The van der Waals surface area contributed by atoms with E-state index in [1.54, 1.807) is 6.26 Å². The van der Waals surface area contributed by atoms with E-state index in [1.807, 2.05) is 12.1 Å². The molecule has 1 fully saturated rings. The van der Waals surface area contributed by atoms with Crippen molar-refractivity contribution in [3.8, 4) is 0 Å². The van der Waals surface area contributed by atoms with Gasteiger partial charge in [-0.1, -0.05) is 0 Å². The molecule has 0 unspecified atom stereocenters. The first-order chi connectivity index (χ1) is 11.2. The van der Waals surface area contributed by atoms with Crippen LogP contribution in [0.2, 0.25) is 0 Å². The Kier molecular flexibility index (Phi) is 6.10. The molecular formula is C19H32N2O3. The molecule has 1 aromatic heterocycles. The Morgan fingerprint density at radius 1 is 1.38 bits per heavy atom. The molecule has 0 bridgehead atoms. The van der Waals surface area contributed by atoms with Gasteiger partial charge >= 0.3 is 0 Å². The summed E-state index contributed by atoms with van der Waals surface area (Å²) in [5, 5.41) is 16.1. The quantitative estimate of drug-likeness (QED) is 0.715. The second-order valence-electron chi connectivity index (χ2n) is 8.51. The summed E-state index contributed by atoms with van der Waals surface area (Å²) in [6, 6.07) is 3.73. The van der Waals surface area contributed by atoms with Crippen LogP contribution < -0.4 is 10.6 Å². The molecule has 0 aliphatic carbocycles. The number of hydrogen-bond acceptors (Lipinski definition) is 4. The van der Waals surface area contributed by atoms with Crippen LogP contribution in [0.4, 0.5) is 0 Å². The largest absolute Gasteiger partial charge is 0.469 e. The van der Waals surface area contributed by atoms with E-state index >= 15 is 0 Å². The number of hydrogen-bond donors (Lipinski definition) is 3. The Labute approximate surface area is 145 Å². The highest BCUT2D eigenvalue weighted by atomic mass is 16.3. The third-order valence-corrected chi connectivity index (χ3v) is 4.66. The van der Waals surface area contributed by atoms with Gasteiger partial charge in [0, 0.05) is 43.0 Å². The minimum atomic E-state index is -0.0130. The lowest BCUT2D eigenvalue weighted by Crippen LogP contribution is -2.58. The van der Waals surface area contributed by atoms with Gasteiger partial charge in [-0.15, -0.1) is 0 Å². The number of rotatable bonds is 7. The number of furan rings is 1. The van der Waals surface area contributed by atoms with Crippen LogP contribution in [0.25, 0.3) is 0 Å². The van der Waals surface area contributed by atoms with E-state index in [0.29, 0.717) is 25.3 Å². The summed E-state index contributed by atoms with van der Waals surface area (Å²) in [4.78, 5) is 12.3. The SMILES string of the molecule is CC1(C)CC(CC(=O)NC[C@H](CO)Cc2ccco2)CC(C)(C)N1. The van der Waals surface area contributed by atoms with E-state index in [1.165, 1.54) is 0 Å². The van der Waals surface area contributed by atoms with Crippen LogP contribution in [-0.2, 0) is 11.2 Å². The third-order valence-electron chi connectivity index (χ3n) is 4.66. The number of carbonyl (C=O) groups excluding carboxylic acids is 1. The van der Waals surface area contributed by atoms with Crippen molar-refractivity contribution in [1.82, 2.24) is 10.6 Å². The molecule has 0 spiro atoms. The van der Waals surface area contributed by atoms with E-state index in [-0.39, 0.29) is 29.5 Å². The van der Waals surface area contributed by atoms with Gasteiger partial charge in [-0.3, -0.25) is 4.79 Å². The molecule has 5 nitrogen and oxygen atoms in total. The molecule has 0 saturated carbocycles. The van der Waals surface area contributed by atoms with Gasteiger partial charge in [0.1, 0.15) is 5.76 Å². The molecule has 1 aliphatic heterocycles. The Hall–Kier alpha value is -1.33. The topological polar surface area (TPSA) is 74.5 Å². The maximum atomic E-state index is 12.3. The van der Waals surface area contributed by atoms with Crippen LogP contribution in [0, 0.1) is 11.8 Å². The van der Waals surface area contributed by atoms with Crippen molar-refractivity contribution in [3.05, 3.63) is 24.2 Å². The lowest BCUT2D eigenvalue weighted by atomic mass is 9.74. The monoisotopic (exact) mass is 336 g/mol. The normalized spacial score (nSPS) is 21.4. The number of aliphatic hydroxyl groups is 1. The molecule has 136 valence electrons. The van der Waals surface area contributed by atoms with E-state index in [2.05, 4.69) is 38.3 Å². The van der Waals surface area contributed by atoms with Crippen molar-refractivity contribution in [2.24, 2.45) is 11.8 Å². The number of carbonyl (C=O) groups is 1. The van der Waals surface area contributed by atoms with Crippen molar-refractivity contribution >= 4 is 5.91 Å². The van der Waals surface area contributed by atoms with Crippen molar-refractivity contribution in [2.45, 2.75) is 64.5 Å². The van der Waals surface area contributed by atoms with Gasteiger partial charge < -0.3 is 20.2 Å². The lowest BCUT2D eigenvalue weighted by Gasteiger charge is -2.46. The summed E-state index contributed by atoms with van der Waals surface area (Å²) in [6.07, 6.45) is 4.81. The zero-order chi connectivity index (χ0) is 17.8. The highest BCUT2D eigenvalue weighted by molar-refractivity contribution is 5.76. The van der Waals surface area contributed by atoms with Gasteiger partial charge in [-0.05, 0) is 58.6 Å². The molecule has 1 amide bonds. The highest BCUT2D eigenvalue weighted by Gasteiger charge is 2.38. The molecule has 2 rings (SSSR count). The van der Waals surface area contributed by atoms with Crippen molar-refractivity contribution in [2.75, 3.05) is 13.2 Å². The molecule has 0 radical (unpaired) electrons. The molecular weight excluding hydrogens is 304 g/mol. The van der Waals surface area contributed by atoms with Gasteiger partial charge in [-0.25, -0.2) is 0 Å². The summed E-state index contributed by atoms with van der Waals surface area (Å²) in [5.41, 5.74) is 0.110. The van der Waals surface area contributed by atoms with Gasteiger partial charge in [0.15, 0.2) is 0 Å². The van der Waals surface area contributed by atoms with Crippen LogP contribution in [0.1, 0.15) is 52.7 Å². The number of piperidine rings is 1. The Morgan fingerprint density at radius 2 is 2.04 bits per heavy atom. The first kappa shape index (κ1) is 19.0. The van der Waals surface area contributed by atoms with Crippen molar-refractivity contribution < 1.29 is 14.3 Å². The maximum absolute atomic E-state index is 12.3. The van der Waals surface area contributed by atoms with Crippen LogP contribution in [0.5, 0.6) is 0 Å². The average Bonchev–Trinajstić information content (AvgIpc) is 2.92. The molecule has 1 aliphatic rings. The Morgan fingerprint density at radius 3 is 2.58 bits per heavy atom. The van der Waals surface area contributed by atoms with E-state index in [9.17, 15) is 9.90 Å². The van der Waals surface area contributed by atoms with E-state index in [4.69, 9.17) is 4.42 Å². The fraction of sp³-hybridized carbons (Fsp3) is 0.737. The van der Waals surface area contributed by atoms with Gasteiger partial charge in [0.25, 0.3) is 0 Å². The van der Waals surface area contributed by atoms with E-state index in [0.717, 1.165) is 18.6 Å². The zero-order valence-electron chi connectivity index (χ0n) is 15.4.